The fourth-order valence-electron chi connectivity index (χ4n) is 9.05. The van der Waals surface area contributed by atoms with Crippen molar-refractivity contribution in [3.63, 3.8) is 0 Å². The molecule has 0 unspecified atom stereocenters. The van der Waals surface area contributed by atoms with Gasteiger partial charge in [-0.15, -0.1) is 0 Å². The fraction of sp³-hybridized carbons (Fsp3) is 0.511. The van der Waals surface area contributed by atoms with E-state index in [4.69, 9.17) is 14.2 Å². The number of hydrogen-bond donors (Lipinski definition) is 1. The number of nitrogens with zero attached hydrogens (tertiary/aromatic N) is 5. The fourth-order valence-corrected chi connectivity index (χ4v) is 9.05. The number of carbonyl (C=O) groups is 2. The molecule has 1 atom stereocenters. The summed E-state index contributed by atoms with van der Waals surface area (Å²) in [6.07, 6.45) is 13.7. The van der Waals surface area contributed by atoms with Gasteiger partial charge in [0.1, 0.15) is 18.5 Å². The molecular formula is C45H56N6O6. The number of unbranched alkanes of at least 4 members (excludes halogenated alkanes) is 1. The second-order valence-corrected chi connectivity index (χ2v) is 16.5. The Morgan fingerprint density at radius 3 is 2.51 bits per heavy atom. The molecule has 4 aliphatic rings. The van der Waals surface area contributed by atoms with Gasteiger partial charge in [0.25, 0.3) is 5.56 Å². The van der Waals surface area contributed by atoms with Gasteiger partial charge in [-0.25, -0.2) is 4.79 Å². The molecule has 1 aliphatic carbocycles. The van der Waals surface area contributed by atoms with E-state index in [0.29, 0.717) is 43.2 Å². The van der Waals surface area contributed by atoms with Gasteiger partial charge in [-0.1, -0.05) is 25.5 Å². The van der Waals surface area contributed by atoms with Crippen molar-refractivity contribution in [2.45, 2.75) is 77.9 Å². The van der Waals surface area contributed by atoms with E-state index < -0.39 is 0 Å². The number of amides is 3. The van der Waals surface area contributed by atoms with Crippen LogP contribution in [0, 0.1) is 18.3 Å². The van der Waals surface area contributed by atoms with Crippen molar-refractivity contribution < 1.29 is 23.8 Å². The highest BCUT2D eigenvalue weighted by molar-refractivity contribution is 6.06. The lowest BCUT2D eigenvalue weighted by Crippen LogP contribution is -2.49. The van der Waals surface area contributed by atoms with Crippen molar-refractivity contribution in [1.82, 2.24) is 24.7 Å². The van der Waals surface area contributed by atoms with Crippen LogP contribution in [0.5, 0.6) is 17.2 Å². The van der Waals surface area contributed by atoms with Gasteiger partial charge in [-0.3, -0.25) is 29.7 Å². The summed E-state index contributed by atoms with van der Waals surface area (Å²) in [5.41, 5.74) is 3.98. The van der Waals surface area contributed by atoms with Crippen LogP contribution in [0.2, 0.25) is 0 Å². The topological polar surface area (TPSA) is 118 Å². The highest BCUT2D eigenvalue weighted by Crippen LogP contribution is 2.56. The first kappa shape index (κ1) is 38.9. The van der Waals surface area contributed by atoms with E-state index in [1.165, 1.54) is 19.4 Å². The Balaban J connectivity index is 0.789. The Labute approximate surface area is 335 Å². The summed E-state index contributed by atoms with van der Waals surface area (Å²) in [5, 5.41) is 3.93. The second kappa shape index (κ2) is 16.9. The summed E-state index contributed by atoms with van der Waals surface area (Å²) >= 11 is 0. The minimum Gasteiger partial charge on any atom is -0.493 e. The average Bonchev–Trinajstić information content (AvgIpc) is 3.90. The highest BCUT2D eigenvalue weighted by Gasteiger charge is 2.57. The zero-order chi connectivity index (χ0) is 39.5. The number of benzene rings is 2. The molecule has 2 aromatic heterocycles. The molecule has 4 fully saturated rings. The Bertz CT molecular complexity index is 2150. The molecule has 1 saturated carbocycles. The van der Waals surface area contributed by atoms with Crippen molar-refractivity contribution in [1.29, 1.82) is 0 Å². The number of carbonyl (C=O) groups excluding carboxylic acids is 2. The number of likely N-dealkylation sites (tertiary alicyclic amines) is 2. The van der Waals surface area contributed by atoms with Crippen LogP contribution >= 0.6 is 0 Å². The number of hydrogen-bond acceptors (Lipinski definition) is 9. The van der Waals surface area contributed by atoms with Crippen LogP contribution in [0.4, 0.5) is 10.5 Å². The third-order valence-corrected chi connectivity index (χ3v) is 12.8. The predicted molar refractivity (Wildman–Crippen MR) is 221 cm³/mol. The number of methoxy groups -OCH3 is 1. The molecule has 0 radical (unpaired) electrons. The Kier molecular flexibility index (Phi) is 11.5. The number of rotatable bonds is 14. The summed E-state index contributed by atoms with van der Waals surface area (Å²) in [5.74, 6) is 2.71. The van der Waals surface area contributed by atoms with E-state index >= 15 is 0 Å². The van der Waals surface area contributed by atoms with Crippen molar-refractivity contribution in [3.05, 3.63) is 77.0 Å². The zero-order valence-corrected chi connectivity index (χ0v) is 33.6. The number of piperidine rings is 2. The molecule has 2 aromatic carbocycles. The van der Waals surface area contributed by atoms with Crippen LogP contribution in [0.25, 0.3) is 21.9 Å². The number of anilines is 1. The lowest BCUT2D eigenvalue weighted by molar-refractivity contribution is -0.120. The third kappa shape index (κ3) is 8.53. The van der Waals surface area contributed by atoms with Crippen molar-refractivity contribution in [2.24, 2.45) is 11.3 Å². The quantitative estimate of drug-likeness (QED) is 0.150. The number of nitrogens with one attached hydrogen (secondary N) is 1. The van der Waals surface area contributed by atoms with Gasteiger partial charge in [0, 0.05) is 68.2 Å². The van der Waals surface area contributed by atoms with Gasteiger partial charge < -0.3 is 23.7 Å². The van der Waals surface area contributed by atoms with Gasteiger partial charge in [-0.05, 0) is 118 Å². The maximum Gasteiger partial charge on any atom is 0.328 e. The summed E-state index contributed by atoms with van der Waals surface area (Å²) < 4.78 is 20.5. The maximum atomic E-state index is 13.2. The molecule has 4 aromatic rings. The number of ether oxygens (including phenoxy) is 3. The van der Waals surface area contributed by atoms with Crippen LogP contribution < -0.4 is 30.0 Å². The van der Waals surface area contributed by atoms with Crippen molar-refractivity contribution >= 4 is 28.4 Å². The van der Waals surface area contributed by atoms with E-state index in [1.54, 1.807) is 24.4 Å². The lowest BCUT2D eigenvalue weighted by atomic mass is 9.90. The van der Waals surface area contributed by atoms with E-state index in [2.05, 4.69) is 33.1 Å². The monoisotopic (exact) mass is 776 g/mol. The first-order valence-electron chi connectivity index (χ1n) is 20.9. The van der Waals surface area contributed by atoms with Crippen LogP contribution in [0.15, 0.2) is 65.8 Å². The summed E-state index contributed by atoms with van der Waals surface area (Å²) in [6, 6.07) is 13.5. The van der Waals surface area contributed by atoms with Gasteiger partial charge >= 0.3 is 6.03 Å². The number of pyridine rings is 2. The van der Waals surface area contributed by atoms with Crippen LogP contribution in [-0.4, -0.2) is 96.9 Å². The summed E-state index contributed by atoms with van der Waals surface area (Å²) in [4.78, 5) is 48.2. The highest BCUT2D eigenvalue weighted by atomic mass is 16.5. The summed E-state index contributed by atoms with van der Waals surface area (Å²) in [6.45, 7) is 12.2. The average molecular weight is 777 g/mol. The number of urea groups is 1. The van der Waals surface area contributed by atoms with Gasteiger partial charge in [0.2, 0.25) is 5.91 Å². The summed E-state index contributed by atoms with van der Waals surface area (Å²) in [7, 11) is 1.70. The maximum absolute atomic E-state index is 13.2. The van der Waals surface area contributed by atoms with Gasteiger partial charge in [-0.2, -0.15) is 0 Å². The molecule has 5 heterocycles. The molecule has 12 heteroatoms. The smallest absolute Gasteiger partial charge is 0.328 e. The minimum atomic E-state index is -0.377. The number of aryl methyl sites for hydroxylation is 2. The zero-order valence-electron chi connectivity index (χ0n) is 33.6. The Morgan fingerprint density at radius 1 is 0.912 bits per heavy atom. The first-order chi connectivity index (χ1) is 27.7. The minimum absolute atomic E-state index is 0.000890. The molecule has 1 spiro atoms. The third-order valence-electron chi connectivity index (χ3n) is 12.8. The first-order valence-corrected chi connectivity index (χ1v) is 20.9. The molecular weight excluding hydrogens is 721 g/mol. The Hall–Kier alpha value is -4.94. The molecule has 0 bridgehead atoms. The largest absolute Gasteiger partial charge is 0.493 e. The molecule has 1 N–H and O–H groups in total. The van der Waals surface area contributed by atoms with E-state index in [0.717, 1.165) is 104 Å². The molecule has 57 heavy (non-hydrogen) atoms. The second-order valence-electron chi connectivity index (χ2n) is 16.5. The van der Waals surface area contributed by atoms with Crippen molar-refractivity contribution in [3.8, 4) is 28.4 Å². The molecule has 302 valence electrons. The molecule has 3 saturated heterocycles. The number of fused-ring (bicyclic) bond motifs is 1. The van der Waals surface area contributed by atoms with E-state index in [-0.39, 0.29) is 29.0 Å². The Morgan fingerprint density at radius 2 is 1.74 bits per heavy atom. The van der Waals surface area contributed by atoms with E-state index in [1.807, 2.05) is 54.1 Å². The van der Waals surface area contributed by atoms with Crippen molar-refractivity contribution in [2.75, 3.05) is 64.4 Å². The van der Waals surface area contributed by atoms with Gasteiger partial charge in [0.15, 0.2) is 11.5 Å². The number of imide groups is 1. The van der Waals surface area contributed by atoms with Crippen LogP contribution in [0.1, 0.15) is 63.9 Å². The molecule has 3 amide bonds. The van der Waals surface area contributed by atoms with Crippen LogP contribution in [-0.2, 0) is 11.3 Å². The molecule has 3 aliphatic heterocycles. The lowest BCUT2D eigenvalue weighted by Gasteiger charge is -2.38. The SMILES string of the molecule is CCCCn1cc(-c2ccc(O[C@H]3CC34CCN(CC3CCN(CCOc5ccc(C)c(N6CCC(=O)NC6=O)c5)CC3)CC4)c(OC)c2)c2ccncc2c1=O. The number of aromatic nitrogens is 2. The van der Waals surface area contributed by atoms with E-state index in [9.17, 15) is 14.4 Å². The predicted octanol–water partition coefficient (Wildman–Crippen LogP) is 6.65. The standard InChI is InChI=1S/C45H56N6O6/c1-4-5-17-50-30-37(35-10-16-46-28-36(35)43(50)53)33-7-9-39(40(25-33)55-3)57-41-27-45(41)14-21-49(22-15-45)29-32-11-18-48(19-12-32)23-24-56-34-8-6-31(2)38(26-34)51-20-13-42(52)47-44(51)54/h6-10,16,25-26,28,30,32,41H,4-5,11-15,17-24,27,29H2,1-3H3,(H,47,52,54)/t41-/m0/s1. The molecule has 12 nitrogen and oxygen atoms in total. The normalized spacial score (nSPS) is 20.2. The van der Waals surface area contributed by atoms with Gasteiger partial charge in [0.05, 0.1) is 18.2 Å². The molecule has 8 rings (SSSR count). The van der Waals surface area contributed by atoms with Crippen LogP contribution in [0.3, 0.4) is 0 Å².